The Kier molecular flexibility index (Phi) is 5.23. The van der Waals surface area contributed by atoms with Crippen LogP contribution in [0.15, 0.2) is 46.9 Å². The smallest absolute Gasteiger partial charge is 0.131 e. The molecule has 5 heteroatoms. The lowest BCUT2D eigenvalue weighted by molar-refractivity contribution is 0.164. The zero-order chi connectivity index (χ0) is 14.5. The molecule has 0 fully saturated rings. The third-order valence-corrected chi connectivity index (χ3v) is 3.44. The second kappa shape index (κ2) is 6.92. The third-order valence-electron chi connectivity index (χ3n) is 2.91. The van der Waals surface area contributed by atoms with Crippen LogP contribution in [0.2, 0.25) is 0 Å². The Morgan fingerprint density at radius 3 is 2.25 bits per heavy atom. The minimum absolute atomic E-state index is 0.0773. The Bertz CT molecular complexity index is 554. The Morgan fingerprint density at radius 1 is 1.05 bits per heavy atom. The number of hydrogen-bond donors (Lipinski definition) is 2. The van der Waals surface area contributed by atoms with Crippen molar-refractivity contribution >= 4 is 15.9 Å². The minimum Gasteiger partial charge on any atom is -0.387 e. The van der Waals surface area contributed by atoms with Crippen molar-refractivity contribution in [3.8, 4) is 0 Å². The van der Waals surface area contributed by atoms with E-state index in [4.69, 9.17) is 0 Å². The molecule has 0 bridgehead atoms. The van der Waals surface area contributed by atoms with Gasteiger partial charge in [0.2, 0.25) is 0 Å². The van der Waals surface area contributed by atoms with E-state index in [2.05, 4.69) is 21.2 Å². The summed E-state index contributed by atoms with van der Waals surface area (Å²) in [5.74, 6) is -1.47. The average molecular weight is 342 g/mol. The van der Waals surface area contributed by atoms with E-state index in [9.17, 15) is 13.9 Å². The number of nitrogens with one attached hydrogen (secondary N) is 1. The van der Waals surface area contributed by atoms with E-state index in [-0.39, 0.29) is 12.1 Å². The molecule has 0 spiro atoms. The van der Waals surface area contributed by atoms with Crippen molar-refractivity contribution in [3.63, 3.8) is 0 Å². The van der Waals surface area contributed by atoms with Gasteiger partial charge in [-0.15, -0.1) is 0 Å². The maximum absolute atomic E-state index is 13.5. The highest BCUT2D eigenvalue weighted by molar-refractivity contribution is 9.10. The fourth-order valence-corrected chi connectivity index (χ4v) is 2.15. The van der Waals surface area contributed by atoms with Crippen molar-refractivity contribution in [2.24, 2.45) is 0 Å². The average Bonchev–Trinajstić information content (AvgIpc) is 2.41. The van der Waals surface area contributed by atoms with E-state index in [1.54, 1.807) is 0 Å². The lowest BCUT2D eigenvalue weighted by Crippen LogP contribution is -2.22. The van der Waals surface area contributed by atoms with Gasteiger partial charge in [0.15, 0.2) is 0 Å². The molecule has 0 saturated heterocycles. The lowest BCUT2D eigenvalue weighted by Gasteiger charge is -2.14. The zero-order valence-corrected chi connectivity index (χ0v) is 12.2. The molecule has 106 valence electrons. The number of rotatable bonds is 5. The summed E-state index contributed by atoms with van der Waals surface area (Å²) in [6, 6.07) is 11.2. The summed E-state index contributed by atoms with van der Waals surface area (Å²) in [5.41, 5.74) is 0.727. The molecule has 0 amide bonds. The number of aliphatic hydroxyl groups excluding tert-OH is 1. The molecule has 0 radical (unpaired) electrons. The van der Waals surface area contributed by atoms with Crippen LogP contribution in [0.1, 0.15) is 17.2 Å². The van der Waals surface area contributed by atoms with E-state index >= 15 is 0 Å². The second-order valence-electron chi connectivity index (χ2n) is 4.41. The van der Waals surface area contributed by atoms with Crippen molar-refractivity contribution < 1.29 is 13.9 Å². The van der Waals surface area contributed by atoms with Gasteiger partial charge in [-0.2, -0.15) is 0 Å². The van der Waals surface area contributed by atoms with Crippen LogP contribution >= 0.6 is 15.9 Å². The van der Waals surface area contributed by atoms with Crippen molar-refractivity contribution in [2.45, 2.75) is 12.6 Å². The van der Waals surface area contributed by atoms with Gasteiger partial charge in [0.1, 0.15) is 11.6 Å². The largest absolute Gasteiger partial charge is 0.387 e. The monoisotopic (exact) mass is 341 g/mol. The number of aliphatic hydroxyl groups is 1. The molecule has 20 heavy (non-hydrogen) atoms. The Balaban J connectivity index is 1.92. The van der Waals surface area contributed by atoms with Gasteiger partial charge in [-0.1, -0.05) is 34.1 Å². The van der Waals surface area contributed by atoms with E-state index in [0.29, 0.717) is 6.54 Å². The first-order valence-corrected chi connectivity index (χ1v) is 6.94. The quantitative estimate of drug-likeness (QED) is 0.871. The molecule has 0 aliphatic rings. The summed E-state index contributed by atoms with van der Waals surface area (Å²) < 4.78 is 27.9. The summed E-state index contributed by atoms with van der Waals surface area (Å²) in [7, 11) is 0. The van der Waals surface area contributed by atoms with E-state index < -0.39 is 17.7 Å². The Morgan fingerprint density at radius 2 is 1.65 bits per heavy atom. The van der Waals surface area contributed by atoms with Crippen molar-refractivity contribution in [1.29, 1.82) is 0 Å². The van der Waals surface area contributed by atoms with E-state index in [0.717, 1.165) is 22.2 Å². The van der Waals surface area contributed by atoms with Gasteiger partial charge < -0.3 is 10.4 Å². The first-order chi connectivity index (χ1) is 9.58. The maximum atomic E-state index is 13.5. The summed E-state index contributed by atoms with van der Waals surface area (Å²) in [6.45, 7) is 0.592. The first kappa shape index (κ1) is 15.1. The lowest BCUT2D eigenvalue weighted by atomic mass is 10.1. The Hall–Kier alpha value is -1.30. The number of halogens is 3. The predicted octanol–water partition coefficient (Wildman–Crippen LogP) is 3.55. The molecular weight excluding hydrogens is 328 g/mol. The molecule has 2 aromatic carbocycles. The van der Waals surface area contributed by atoms with Gasteiger partial charge in [-0.05, 0) is 29.8 Å². The normalized spacial score (nSPS) is 12.4. The predicted molar refractivity (Wildman–Crippen MR) is 77.2 cm³/mol. The van der Waals surface area contributed by atoms with Gasteiger partial charge in [0.05, 0.1) is 11.7 Å². The van der Waals surface area contributed by atoms with Crippen LogP contribution < -0.4 is 5.32 Å². The van der Waals surface area contributed by atoms with E-state index in [1.807, 2.05) is 24.3 Å². The molecule has 1 atom stereocenters. The molecule has 0 heterocycles. The topological polar surface area (TPSA) is 32.3 Å². The third kappa shape index (κ3) is 3.85. The Labute approximate surface area is 124 Å². The fourth-order valence-electron chi connectivity index (χ4n) is 1.89. The number of hydrogen-bond acceptors (Lipinski definition) is 2. The van der Waals surface area contributed by atoms with Gasteiger partial charge in [0, 0.05) is 17.6 Å². The van der Waals surface area contributed by atoms with Gasteiger partial charge in [-0.3, -0.25) is 0 Å². The molecule has 2 nitrogen and oxygen atoms in total. The molecular formula is C15H14BrF2NO. The first-order valence-electron chi connectivity index (χ1n) is 6.15. The minimum atomic E-state index is -1.22. The van der Waals surface area contributed by atoms with Crippen molar-refractivity contribution in [2.75, 3.05) is 6.54 Å². The SMILES string of the molecule is OC(CNCc1ccc(Br)cc1)c1c(F)cccc1F. The van der Waals surface area contributed by atoms with E-state index in [1.165, 1.54) is 6.07 Å². The molecule has 2 rings (SSSR count). The standard InChI is InChI=1S/C15H14BrF2NO/c16-11-6-4-10(5-7-11)8-19-9-14(20)15-12(17)2-1-3-13(15)18/h1-7,14,19-20H,8-9H2. The fraction of sp³-hybridized carbons (Fsp3) is 0.200. The van der Waals surface area contributed by atoms with Gasteiger partial charge >= 0.3 is 0 Å². The van der Waals surface area contributed by atoms with Crippen LogP contribution in [0.4, 0.5) is 8.78 Å². The highest BCUT2D eigenvalue weighted by atomic mass is 79.9. The molecule has 2 N–H and O–H groups in total. The summed E-state index contributed by atoms with van der Waals surface area (Å²) in [6.07, 6.45) is -1.22. The number of benzene rings is 2. The van der Waals surface area contributed by atoms with Crippen LogP contribution in [0, 0.1) is 11.6 Å². The van der Waals surface area contributed by atoms with Crippen LogP contribution in [-0.2, 0) is 6.54 Å². The summed E-state index contributed by atoms with van der Waals surface area (Å²) in [4.78, 5) is 0. The maximum Gasteiger partial charge on any atom is 0.131 e. The molecule has 2 aromatic rings. The van der Waals surface area contributed by atoms with Gasteiger partial charge in [0.25, 0.3) is 0 Å². The van der Waals surface area contributed by atoms with Crippen LogP contribution in [-0.4, -0.2) is 11.7 Å². The van der Waals surface area contributed by atoms with Gasteiger partial charge in [-0.25, -0.2) is 8.78 Å². The highest BCUT2D eigenvalue weighted by Gasteiger charge is 2.17. The molecule has 0 aromatic heterocycles. The molecule has 1 unspecified atom stereocenters. The van der Waals surface area contributed by atoms with Crippen molar-refractivity contribution in [1.82, 2.24) is 5.32 Å². The van der Waals surface area contributed by atoms with Crippen molar-refractivity contribution in [3.05, 3.63) is 69.7 Å². The second-order valence-corrected chi connectivity index (χ2v) is 5.32. The van der Waals surface area contributed by atoms with Crippen LogP contribution in [0.5, 0.6) is 0 Å². The molecule has 0 aliphatic carbocycles. The van der Waals surface area contributed by atoms with Crippen LogP contribution in [0.3, 0.4) is 0 Å². The highest BCUT2D eigenvalue weighted by Crippen LogP contribution is 2.20. The molecule has 0 saturated carbocycles. The zero-order valence-electron chi connectivity index (χ0n) is 10.6. The summed E-state index contributed by atoms with van der Waals surface area (Å²) >= 11 is 3.34. The molecule has 0 aliphatic heterocycles. The summed E-state index contributed by atoms with van der Waals surface area (Å²) in [5, 5.41) is 12.8. The van der Waals surface area contributed by atoms with Crippen LogP contribution in [0.25, 0.3) is 0 Å².